The lowest BCUT2D eigenvalue weighted by Gasteiger charge is -2.24. The molecule has 16 heavy (non-hydrogen) atoms. The first-order valence-corrected chi connectivity index (χ1v) is 6.66. The second-order valence-electron chi connectivity index (χ2n) is 4.98. The van der Waals surface area contributed by atoms with Gasteiger partial charge in [-0.1, -0.05) is 13.8 Å². The molecule has 0 saturated heterocycles. The van der Waals surface area contributed by atoms with E-state index in [1.54, 1.807) is 0 Å². The smallest absolute Gasteiger partial charge is 0.0192 e. The molecule has 98 valence electrons. The predicted octanol–water partition coefficient (Wildman–Crippen LogP) is 1.65. The lowest BCUT2D eigenvalue weighted by molar-refractivity contribution is 0.266. The summed E-state index contributed by atoms with van der Waals surface area (Å²) in [6, 6.07) is 0.657. The van der Waals surface area contributed by atoms with Gasteiger partial charge in [-0.3, -0.25) is 0 Å². The van der Waals surface area contributed by atoms with Crippen molar-refractivity contribution in [2.45, 2.75) is 39.2 Å². The average molecular weight is 229 g/mol. The zero-order valence-corrected chi connectivity index (χ0v) is 11.9. The van der Waals surface area contributed by atoms with Crippen molar-refractivity contribution in [1.82, 2.24) is 15.1 Å². The Morgan fingerprint density at radius 2 is 1.75 bits per heavy atom. The number of hydrogen-bond acceptors (Lipinski definition) is 3. The van der Waals surface area contributed by atoms with Gasteiger partial charge < -0.3 is 15.1 Å². The molecule has 0 aromatic carbocycles. The van der Waals surface area contributed by atoms with Crippen LogP contribution in [0.4, 0.5) is 0 Å². The van der Waals surface area contributed by atoms with Gasteiger partial charge in [-0.2, -0.15) is 0 Å². The van der Waals surface area contributed by atoms with Crippen LogP contribution in [0.15, 0.2) is 0 Å². The molecule has 0 radical (unpaired) electrons. The first kappa shape index (κ1) is 15.9. The van der Waals surface area contributed by atoms with E-state index >= 15 is 0 Å². The Morgan fingerprint density at radius 3 is 2.25 bits per heavy atom. The van der Waals surface area contributed by atoms with Crippen LogP contribution in [-0.4, -0.2) is 63.2 Å². The monoisotopic (exact) mass is 229 g/mol. The fourth-order valence-electron chi connectivity index (χ4n) is 1.81. The van der Waals surface area contributed by atoms with Crippen molar-refractivity contribution in [3.05, 3.63) is 0 Å². The maximum Gasteiger partial charge on any atom is 0.0192 e. The van der Waals surface area contributed by atoms with Crippen LogP contribution in [0.1, 0.15) is 33.1 Å². The fraction of sp³-hybridized carbons (Fsp3) is 1.00. The maximum atomic E-state index is 3.60. The van der Waals surface area contributed by atoms with Crippen LogP contribution in [0.2, 0.25) is 0 Å². The van der Waals surface area contributed by atoms with Crippen LogP contribution in [-0.2, 0) is 0 Å². The topological polar surface area (TPSA) is 18.5 Å². The summed E-state index contributed by atoms with van der Waals surface area (Å²) in [4.78, 5) is 4.70. The molecule has 0 heterocycles. The molecule has 0 aromatic heterocycles. The van der Waals surface area contributed by atoms with Crippen LogP contribution in [0, 0.1) is 0 Å². The molecule has 3 nitrogen and oxygen atoms in total. The molecule has 0 aliphatic carbocycles. The van der Waals surface area contributed by atoms with Crippen LogP contribution in [0.25, 0.3) is 0 Å². The highest BCUT2D eigenvalue weighted by molar-refractivity contribution is 4.68. The second kappa shape index (κ2) is 10.1. The van der Waals surface area contributed by atoms with E-state index in [2.05, 4.69) is 50.1 Å². The van der Waals surface area contributed by atoms with Crippen molar-refractivity contribution >= 4 is 0 Å². The van der Waals surface area contributed by atoms with Crippen molar-refractivity contribution in [2.24, 2.45) is 0 Å². The third kappa shape index (κ3) is 9.13. The van der Waals surface area contributed by atoms with Gasteiger partial charge in [-0.05, 0) is 60.0 Å². The average Bonchev–Trinajstić information content (AvgIpc) is 2.23. The van der Waals surface area contributed by atoms with Crippen molar-refractivity contribution < 1.29 is 0 Å². The number of nitrogens with zero attached hydrogens (tertiary/aromatic N) is 2. The Morgan fingerprint density at radius 1 is 1.06 bits per heavy atom. The van der Waals surface area contributed by atoms with E-state index < -0.39 is 0 Å². The summed E-state index contributed by atoms with van der Waals surface area (Å²) in [5, 5.41) is 3.60. The minimum Gasteiger partial charge on any atom is -0.313 e. The molecule has 3 heteroatoms. The molecule has 0 bridgehead atoms. The third-order valence-electron chi connectivity index (χ3n) is 2.85. The van der Waals surface area contributed by atoms with Gasteiger partial charge in [0.05, 0.1) is 0 Å². The van der Waals surface area contributed by atoms with Crippen molar-refractivity contribution in [2.75, 3.05) is 47.3 Å². The summed E-state index contributed by atoms with van der Waals surface area (Å²) >= 11 is 0. The van der Waals surface area contributed by atoms with Gasteiger partial charge in [0.2, 0.25) is 0 Å². The lowest BCUT2D eigenvalue weighted by Crippen LogP contribution is -2.40. The lowest BCUT2D eigenvalue weighted by atomic mass is 10.2. The number of nitrogens with one attached hydrogen (secondary N) is 1. The van der Waals surface area contributed by atoms with Gasteiger partial charge >= 0.3 is 0 Å². The number of hydrogen-bond donors (Lipinski definition) is 1. The Balaban J connectivity index is 3.60. The molecule has 0 amide bonds. The summed E-state index contributed by atoms with van der Waals surface area (Å²) in [6.45, 7) is 9.18. The SMILES string of the molecule is CCCNC(CC)CN(C)CCCN(C)C. The van der Waals surface area contributed by atoms with Gasteiger partial charge in [0.1, 0.15) is 0 Å². The molecule has 0 fully saturated rings. The maximum absolute atomic E-state index is 3.60. The van der Waals surface area contributed by atoms with Crippen LogP contribution in [0.5, 0.6) is 0 Å². The molecule has 1 atom stereocenters. The minimum atomic E-state index is 0.657. The first-order valence-electron chi connectivity index (χ1n) is 6.66. The predicted molar refractivity (Wildman–Crippen MR) is 73.0 cm³/mol. The van der Waals surface area contributed by atoms with E-state index in [1.165, 1.54) is 38.9 Å². The van der Waals surface area contributed by atoms with Crippen molar-refractivity contribution in [3.63, 3.8) is 0 Å². The Labute approximate surface area is 102 Å². The molecular weight excluding hydrogens is 198 g/mol. The zero-order chi connectivity index (χ0) is 12.4. The molecule has 0 rings (SSSR count). The van der Waals surface area contributed by atoms with E-state index in [-0.39, 0.29) is 0 Å². The molecule has 1 unspecified atom stereocenters. The molecule has 0 aliphatic heterocycles. The fourth-order valence-corrected chi connectivity index (χ4v) is 1.81. The van der Waals surface area contributed by atoms with Gasteiger partial charge in [-0.15, -0.1) is 0 Å². The van der Waals surface area contributed by atoms with Gasteiger partial charge in [0.15, 0.2) is 0 Å². The molecule has 0 spiro atoms. The van der Waals surface area contributed by atoms with Crippen LogP contribution >= 0.6 is 0 Å². The van der Waals surface area contributed by atoms with Gasteiger partial charge in [0.25, 0.3) is 0 Å². The molecule has 0 aliphatic rings. The van der Waals surface area contributed by atoms with Crippen LogP contribution in [0.3, 0.4) is 0 Å². The van der Waals surface area contributed by atoms with Gasteiger partial charge in [-0.25, -0.2) is 0 Å². The summed E-state index contributed by atoms with van der Waals surface area (Å²) < 4.78 is 0. The van der Waals surface area contributed by atoms with Crippen LogP contribution < -0.4 is 5.32 Å². The summed E-state index contributed by atoms with van der Waals surface area (Å²) in [6.07, 6.45) is 3.70. The Kier molecular flexibility index (Phi) is 9.99. The van der Waals surface area contributed by atoms with E-state index in [4.69, 9.17) is 0 Å². The van der Waals surface area contributed by atoms with Gasteiger partial charge in [0, 0.05) is 12.6 Å². The highest BCUT2D eigenvalue weighted by Crippen LogP contribution is 1.97. The molecule has 0 aromatic rings. The highest BCUT2D eigenvalue weighted by atomic mass is 15.1. The summed E-state index contributed by atoms with van der Waals surface area (Å²) in [5.41, 5.74) is 0. The zero-order valence-electron chi connectivity index (χ0n) is 11.9. The molecule has 1 N–H and O–H groups in total. The quantitative estimate of drug-likeness (QED) is 0.614. The summed E-state index contributed by atoms with van der Waals surface area (Å²) in [5.74, 6) is 0. The second-order valence-corrected chi connectivity index (χ2v) is 4.98. The van der Waals surface area contributed by atoms with E-state index in [9.17, 15) is 0 Å². The number of rotatable bonds is 10. The molecule has 0 saturated carbocycles. The largest absolute Gasteiger partial charge is 0.313 e. The van der Waals surface area contributed by atoms with E-state index in [1.807, 2.05) is 0 Å². The van der Waals surface area contributed by atoms with E-state index in [0.29, 0.717) is 6.04 Å². The Hall–Kier alpha value is -0.120. The molecular formula is C13H31N3. The Bertz CT molecular complexity index is 148. The van der Waals surface area contributed by atoms with Crippen molar-refractivity contribution in [3.8, 4) is 0 Å². The normalized spacial score (nSPS) is 13.7. The summed E-state index contributed by atoms with van der Waals surface area (Å²) in [7, 11) is 6.50. The minimum absolute atomic E-state index is 0.657. The highest BCUT2D eigenvalue weighted by Gasteiger charge is 2.08. The van der Waals surface area contributed by atoms with Crippen molar-refractivity contribution in [1.29, 1.82) is 0 Å². The number of likely N-dealkylation sites (N-methyl/N-ethyl adjacent to an activating group) is 1. The first-order chi connectivity index (χ1) is 7.60. The third-order valence-corrected chi connectivity index (χ3v) is 2.85. The van der Waals surface area contributed by atoms with E-state index in [0.717, 1.165) is 6.54 Å². The standard InChI is InChI=1S/C13H31N3/c1-6-9-14-13(7-2)12-16(5)11-8-10-15(3)4/h13-14H,6-12H2,1-5H3.